The molecule has 0 unspecified atom stereocenters. The summed E-state index contributed by atoms with van der Waals surface area (Å²) in [7, 11) is 0. The molecule has 8 aromatic rings. The van der Waals surface area contributed by atoms with E-state index in [-0.39, 0.29) is 26.8 Å². The molecule has 0 fully saturated rings. The quantitative estimate of drug-likeness (QED) is 0.131. The van der Waals surface area contributed by atoms with Crippen LogP contribution in [0.25, 0.3) is 55.5 Å². The van der Waals surface area contributed by atoms with Crippen molar-refractivity contribution in [1.29, 1.82) is 0 Å². The van der Waals surface area contributed by atoms with Crippen LogP contribution in [0.4, 0.5) is 17.2 Å². The van der Waals surface area contributed by atoms with Gasteiger partial charge in [0.2, 0.25) is 0 Å². The molecule has 0 aliphatic heterocycles. The van der Waals surface area contributed by atoms with Gasteiger partial charge in [-0.1, -0.05) is 164 Å². The number of aromatic nitrogens is 2. The number of phenols is 1. The van der Waals surface area contributed by atoms with E-state index in [1.54, 1.807) is 6.07 Å². The molecule has 2 aromatic heterocycles. The van der Waals surface area contributed by atoms with Crippen molar-refractivity contribution < 1.29 is 26.2 Å². The maximum atomic E-state index is 11.4. The van der Waals surface area contributed by atoms with Gasteiger partial charge in [-0.3, -0.25) is 4.98 Å². The molecular weight excluding hydrogens is 926 g/mol. The summed E-state index contributed by atoms with van der Waals surface area (Å²) in [5.74, 6) is 2.28. The van der Waals surface area contributed by atoms with Crippen LogP contribution in [0.1, 0.15) is 101 Å². The first kappa shape index (κ1) is 43.3. The second-order valence-electron chi connectivity index (χ2n) is 17.1. The zero-order valence-electron chi connectivity index (χ0n) is 36.3. The van der Waals surface area contributed by atoms with Crippen molar-refractivity contribution in [1.82, 2.24) is 9.97 Å². The number of hydrogen-bond acceptors (Lipinski definition) is 4. The van der Waals surface area contributed by atoms with Crippen LogP contribution in [0.5, 0.6) is 5.75 Å². The molecule has 310 valence electrons. The molecule has 0 aliphatic carbocycles. The van der Waals surface area contributed by atoms with E-state index in [9.17, 15) is 5.11 Å². The van der Waals surface area contributed by atoms with Gasteiger partial charge < -0.3 is 10.0 Å². The molecule has 4 nitrogen and oxygen atoms in total. The summed E-state index contributed by atoms with van der Waals surface area (Å²) in [6, 6.07) is 54.9. The van der Waals surface area contributed by atoms with Crippen molar-refractivity contribution in [2.75, 3.05) is 4.90 Å². The molecule has 8 rings (SSSR count). The Morgan fingerprint density at radius 2 is 1.20 bits per heavy atom. The Kier molecular flexibility index (Phi) is 13.1. The van der Waals surface area contributed by atoms with E-state index >= 15 is 0 Å². The summed E-state index contributed by atoms with van der Waals surface area (Å²) >= 11 is 0. The average Bonchev–Trinajstić information content (AvgIpc) is 3.26. The number of phenolic OH excluding ortho intramolecular Hbond substituents is 1. The number of aromatic hydroxyl groups is 1. The van der Waals surface area contributed by atoms with E-state index in [1.165, 1.54) is 27.8 Å². The van der Waals surface area contributed by atoms with Crippen LogP contribution in [0.15, 0.2) is 152 Å². The van der Waals surface area contributed by atoms with Crippen molar-refractivity contribution in [2.24, 2.45) is 0 Å². The molecule has 0 radical (unpaired) electrons. The number of hydrogen-bond donors (Lipinski definition) is 1. The fourth-order valence-corrected chi connectivity index (χ4v) is 8.33. The summed E-state index contributed by atoms with van der Waals surface area (Å²) in [5.41, 5.74) is 14.4. The Morgan fingerprint density at radius 3 is 1.85 bits per heavy atom. The second kappa shape index (κ2) is 18.4. The van der Waals surface area contributed by atoms with E-state index in [0.29, 0.717) is 29.2 Å². The number of para-hydroxylation sites is 1. The predicted molar refractivity (Wildman–Crippen MR) is 253 cm³/mol. The Hall–Kier alpha value is -5.83. The molecule has 1 N–H and O–H groups in total. The van der Waals surface area contributed by atoms with Crippen molar-refractivity contribution in [3.05, 3.63) is 180 Å². The first-order valence-electron chi connectivity index (χ1n) is 21.3. The topological polar surface area (TPSA) is 49.2 Å². The molecule has 0 amide bonds. The number of anilines is 3. The fraction of sp³-hybridized carbons (Fsp3) is 0.214. The summed E-state index contributed by atoms with van der Waals surface area (Å²) < 4.78 is 0. The van der Waals surface area contributed by atoms with Gasteiger partial charge in [-0.25, -0.2) is 4.98 Å². The maximum absolute atomic E-state index is 11.4. The van der Waals surface area contributed by atoms with E-state index in [4.69, 9.17) is 9.97 Å². The zero-order valence-corrected chi connectivity index (χ0v) is 38.6. The second-order valence-corrected chi connectivity index (χ2v) is 17.1. The Labute approximate surface area is 376 Å². The SMILES string of the molecule is CC(C)c1cc(-c2ccc(-c3[c-]c(N(c4ccccn4)c4cccc5ccccc45)cc(-c4c(C(C)C)cccc4C(C)C)c3)nc2-c2ccccc2O)cc(C(C)C)c1.[Pt]. The maximum Gasteiger partial charge on any atom is 0.136 e. The van der Waals surface area contributed by atoms with Crippen LogP contribution in [-0.4, -0.2) is 15.1 Å². The van der Waals surface area contributed by atoms with Gasteiger partial charge in [0.25, 0.3) is 0 Å². The smallest absolute Gasteiger partial charge is 0.136 e. The summed E-state index contributed by atoms with van der Waals surface area (Å²) in [6.07, 6.45) is 1.85. The standard InChI is InChI=1S/C56H54N3O.Pt/c1-35(2)40-29-41(36(3)4)31-42(30-40)49-26-27-51(58-56(49)50-20-11-12-24-53(50)60)43-32-44(55-46(37(5)6)21-16-22-47(55)38(7)8)34-45(33-43)59(54-25-13-14-28-57-54)52-23-15-18-39-17-9-10-19-48(39)52;/h9-32,34-38,60H,1-8H3;/q-1;. The van der Waals surface area contributed by atoms with Crippen molar-refractivity contribution in [3.63, 3.8) is 0 Å². The van der Waals surface area contributed by atoms with Crippen LogP contribution < -0.4 is 4.90 Å². The van der Waals surface area contributed by atoms with E-state index < -0.39 is 0 Å². The number of fused-ring (bicyclic) bond motifs is 1. The first-order valence-corrected chi connectivity index (χ1v) is 21.3. The minimum Gasteiger partial charge on any atom is -0.507 e. The third-order valence-corrected chi connectivity index (χ3v) is 11.6. The molecule has 0 saturated carbocycles. The minimum absolute atomic E-state index is 0. The molecule has 0 saturated heterocycles. The van der Waals surface area contributed by atoms with Gasteiger partial charge in [-0.05, 0) is 104 Å². The van der Waals surface area contributed by atoms with Gasteiger partial charge >= 0.3 is 0 Å². The van der Waals surface area contributed by atoms with Crippen LogP contribution >= 0.6 is 0 Å². The fourth-order valence-electron chi connectivity index (χ4n) is 8.33. The van der Waals surface area contributed by atoms with E-state index in [2.05, 4.69) is 176 Å². The Morgan fingerprint density at radius 1 is 0.557 bits per heavy atom. The molecule has 0 bridgehead atoms. The number of nitrogens with zero attached hydrogens (tertiary/aromatic N) is 3. The van der Waals surface area contributed by atoms with Crippen molar-refractivity contribution in [2.45, 2.75) is 79.1 Å². The van der Waals surface area contributed by atoms with Crippen molar-refractivity contribution in [3.8, 4) is 50.5 Å². The largest absolute Gasteiger partial charge is 0.507 e. The summed E-state index contributed by atoms with van der Waals surface area (Å²) in [5, 5.41) is 13.7. The third-order valence-electron chi connectivity index (χ3n) is 11.6. The number of pyridine rings is 2. The first-order chi connectivity index (χ1) is 29.0. The van der Waals surface area contributed by atoms with Gasteiger partial charge in [0.05, 0.1) is 11.4 Å². The normalized spacial score (nSPS) is 11.5. The van der Waals surface area contributed by atoms with Gasteiger partial charge in [-0.2, -0.15) is 0 Å². The van der Waals surface area contributed by atoms with Crippen LogP contribution in [-0.2, 0) is 21.1 Å². The molecule has 6 aromatic carbocycles. The molecular formula is C56H54N3OPt-. The third kappa shape index (κ3) is 8.84. The van der Waals surface area contributed by atoms with Gasteiger partial charge in [0.15, 0.2) is 0 Å². The number of rotatable bonds is 11. The Bertz CT molecular complexity index is 2750. The molecule has 2 heterocycles. The van der Waals surface area contributed by atoms with Gasteiger partial charge in [0.1, 0.15) is 11.6 Å². The molecule has 0 atom stereocenters. The zero-order chi connectivity index (χ0) is 42.1. The summed E-state index contributed by atoms with van der Waals surface area (Å²) in [4.78, 5) is 12.7. The van der Waals surface area contributed by atoms with Crippen LogP contribution in [0.3, 0.4) is 0 Å². The van der Waals surface area contributed by atoms with Crippen LogP contribution in [0.2, 0.25) is 0 Å². The van der Waals surface area contributed by atoms with Crippen molar-refractivity contribution >= 4 is 28.0 Å². The predicted octanol–water partition coefficient (Wildman–Crippen LogP) is 15.8. The van der Waals surface area contributed by atoms with Gasteiger partial charge in [-0.15, -0.1) is 23.8 Å². The molecule has 61 heavy (non-hydrogen) atoms. The molecule has 5 heteroatoms. The van der Waals surface area contributed by atoms with E-state index in [0.717, 1.165) is 61.6 Å². The van der Waals surface area contributed by atoms with E-state index in [1.807, 2.05) is 36.5 Å². The Balaban J connectivity index is 0.00000561. The van der Waals surface area contributed by atoms with Gasteiger partial charge in [0, 0.05) is 43.8 Å². The average molecular weight is 980 g/mol. The summed E-state index contributed by atoms with van der Waals surface area (Å²) in [6.45, 7) is 18.0. The minimum atomic E-state index is 0. The molecule has 0 aliphatic rings. The number of benzene rings is 6. The monoisotopic (exact) mass is 979 g/mol. The van der Waals surface area contributed by atoms with Crippen LogP contribution in [0, 0.1) is 6.07 Å². The molecule has 0 spiro atoms.